The molecule has 0 atom stereocenters. The lowest BCUT2D eigenvalue weighted by atomic mass is 10.3. The van der Waals surface area contributed by atoms with Crippen LogP contribution in [0.2, 0.25) is 0 Å². The van der Waals surface area contributed by atoms with E-state index in [0.29, 0.717) is 18.3 Å². The average molecular weight is 292 g/mol. The number of nitrogens with one attached hydrogen (secondary N) is 2. The molecule has 1 rings (SSSR count). The molecule has 0 saturated carbocycles. The maximum atomic E-state index is 12.3. The lowest BCUT2D eigenvalue weighted by molar-refractivity contribution is 0.234. The van der Waals surface area contributed by atoms with Crippen molar-refractivity contribution in [3.8, 4) is 0 Å². The predicted molar refractivity (Wildman–Crippen MR) is 71.3 cm³/mol. The quantitative estimate of drug-likeness (QED) is 0.756. The zero-order valence-electron chi connectivity index (χ0n) is 10.9. The molecular formula is C12H18F2N2O2S. The molecule has 0 amide bonds. The van der Waals surface area contributed by atoms with Gasteiger partial charge in [0.25, 0.3) is 0 Å². The van der Waals surface area contributed by atoms with Crippen molar-refractivity contribution >= 4 is 15.5 Å². The SMILES string of the molecule is CC(C)NCCNc1ccc(S(=O)(=O)C(F)F)cc1. The highest BCUT2D eigenvalue weighted by molar-refractivity contribution is 7.91. The first-order valence-electron chi connectivity index (χ1n) is 5.93. The van der Waals surface area contributed by atoms with Crippen molar-refractivity contribution in [2.45, 2.75) is 30.5 Å². The van der Waals surface area contributed by atoms with Gasteiger partial charge < -0.3 is 10.6 Å². The van der Waals surface area contributed by atoms with E-state index in [4.69, 9.17) is 0 Å². The summed E-state index contributed by atoms with van der Waals surface area (Å²) >= 11 is 0. The van der Waals surface area contributed by atoms with Gasteiger partial charge in [-0.15, -0.1) is 0 Å². The largest absolute Gasteiger partial charge is 0.384 e. The number of rotatable bonds is 7. The van der Waals surface area contributed by atoms with Gasteiger partial charge in [0.2, 0.25) is 9.84 Å². The molecule has 0 bridgehead atoms. The maximum absolute atomic E-state index is 12.3. The van der Waals surface area contributed by atoms with Crippen LogP contribution in [0.1, 0.15) is 13.8 Å². The smallest absolute Gasteiger partial charge is 0.341 e. The van der Waals surface area contributed by atoms with Gasteiger partial charge in [-0.3, -0.25) is 0 Å². The molecular weight excluding hydrogens is 274 g/mol. The van der Waals surface area contributed by atoms with Crippen molar-refractivity contribution in [3.05, 3.63) is 24.3 Å². The van der Waals surface area contributed by atoms with Crippen LogP contribution in [0, 0.1) is 0 Å². The monoisotopic (exact) mass is 292 g/mol. The molecule has 1 aromatic rings. The molecule has 0 aliphatic heterocycles. The van der Waals surface area contributed by atoms with Gasteiger partial charge in [-0.25, -0.2) is 8.42 Å². The lowest BCUT2D eigenvalue weighted by Gasteiger charge is -2.10. The van der Waals surface area contributed by atoms with Crippen molar-refractivity contribution in [2.75, 3.05) is 18.4 Å². The molecule has 0 fully saturated rings. The van der Waals surface area contributed by atoms with Crippen LogP contribution < -0.4 is 10.6 Å². The van der Waals surface area contributed by atoms with Crippen molar-refractivity contribution in [1.29, 1.82) is 0 Å². The average Bonchev–Trinajstić information content (AvgIpc) is 2.35. The van der Waals surface area contributed by atoms with E-state index in [9.17, 15) is 17.2 Å². The molecule has 0 aliphatic carbocycles. The molecule has 0 heterocycles. The topological polar surface area (TPSA) is 58.2 Å². The maximum Gasteiger partial charge on any atom is 0.341 e. The third kappa shape index (κ3) is 4.76. The van der Waals surface area contributed by atoms with Gasteiger partial charge in [-0.1, -0.05) is 13.8 Å². The Morgan fingerprint density at radius 1 is 1.11 bits per heavy atom. The van der Waals surface area contributed by atoms with Crippen molar-refractivity contribution in [3.63, 3.8) is 0 Å². The summed E-state index contributed by atoms with van der Waals surface area (Å²) in [6, 6.07) is 5.70. The van der Waals surface area contributed by atoms with E-state index in [1.54, 1.807) is 0 Å². The molecule has 0 radical (unpaired) electrons. The second-order valence-corrected chi connectivity index (χ2v) is 6.28. The van der Waals surface area contributed by atoms with Crippen LogP contribution in [0.4, 0.5) is 14.5 Å². The number of sulfone groups is 1. The molecule has 2 N–H and O–H groups in total. The summed E-state index contributed by atoms with van der Waals surface area (Å²) in [6.07, 6.45) is 0. The summed E-state index contributed by atoms with van der Waals surface area (Å²) < 4.78 is 47.0. The Kier molecular flexibility index (Phi) is 5.68. The molecule has 0 saturated heterocycles. The van der Waals surface area contributed by atoms with Gasteiger partial charge >= 0.3 is 5.76 Å². The number of halogens is 2. The van der Waals surface area contributed by atoms with Crippen molar-refractivity contribution in [2.24, 2.45) is 0 Å². The highest BCUT2D eigenvalue weighted by atomic mass is 32.2. The molecule has 1 aromatic carbocycles. The molecule has 0 spiro atoms. The van der Waals surface area contributed by atoms with Crippen molar-refractivity contribution in [1.82, 2.24) is 5.32 Å². The van der Waals surface area contributed by atoms with Crippen LogP contribution in [0.3, 0.4) is 0 Å². The highest BCUT2D eigenvalue weighted by Crippen LogP contribution is 2.19. The second-order valence-electron chi connectivity index (χ2n) is 4.37. The Labute approximate surface area is 112 Å². The standard InChI is InChI=1S/C12H18F2N2O2S/c1-9(2)15-7-8-16-10-3-5-11(6-4-10)19(17,18)12(13)14/h3-6,9,12,15-16H,7-8H2,1-2H3. The summed E-state index contributed by atoms with van der Waals surface area (Å²) in [5.74, 6) is -3.39. The van der Waals surface area contributed by atoms with Crippen LogP contribution >= 0.6 is 0 Å². The normalized spacial score (nSPS) is 12.1. The molecule has 0 unspecified atom stereocenters. The van der Waals surface area contributed by atoms with Crippen LogP contribution in [0.25, 0.3) is 0 Å². The first-order chi connectivity index (χ1) is 8.84. The van der Waals surface area contributed by atoms with Crippen LogP contribution in [-0.2, 0) is 9.84 Å². The summed E-state index contributed by atoms with van der Waals surface area (Å²) in [5, 5.41) is 6.27. The Bertz CT molecular complexity index is 487. The first kappa shape index (κ1) is 15.8. The summed E-state index contributed by atoms with van der Waals surface area (Å²) in [5.41, 5.74) is 0.693. The summed E-state index contributed by atoms with van der Waals surface area (Å²) in [6.45, 7) is 5.49. The van der Waals surface area contributed by atoms with E-state index in [1.807, 2.05) is 13.8 Å². The minimum absolute atomic E-state index is 0.367. The number of hydrogen-bond acceptors (Lipinski definition) is 4. The first-order valence-corrected chi connectivity index (χ1v) is 7.48. The Hall–Kier alpha value is -1.21. The van der Waals surface area contributed by atoms with E-state index >= 15 is 0 Å². The minimum Gasteiger partial charge on any atom is -0.384 e. The van der Waals surface area contributed by atoms with Gasteiger partial charge in [0.1, 0.15) is 0 Å². The fourth-order valence-electron chi connectivity index (χ4n) is 1.43. The van der Waals surface area contributed by atoms with E-state index < -0.39 is 15.6 Å². The van der Waals surface area contributed by atoms with Gasteiger partial charge in [0.15, 0.2) is 0 Å². The zero-order chi connectivity index (χ0) is 14.5. The van der Waals surface area contributed by atoms with Crippen LogP contribution in [0.15, 0.2) is 29.2 Å². The molecule has 4 nitrogen and oxygen atoms in total. The minimum atomic E-state index is -4.50. The fourth-order valence-corrected chi connectivity index (χ4v) is 2.15. The Morgan fingerprint density at radius 3 is 2.16 bits per heavy atom. The third-order valence-corrected chi connectivity index (χ3v) is 3.82. The van der Waals surface area contributed by atoms with E-state index in [1.165, 1.54) is 24.3 Å². The molecule has 0 aliphatic rings. The third-order valence-electron chi connectivity index (χ3n) is 2.42. The summed E-state index contributed by atoms with van der Waals surface area (Å²) in [7, 11) is -4.50. The van der Waals surface area contributed by atoms with Gasteiger partial charge in [-0.2, -0.15) is 8.78 Å². The zero-order valence-corrected chi connectivity index (χ0v) is 11.7. The van der Waals surface area contributed by atoms with Gasteiger partial charge in [0.05, 0.1) is 4.90 Å². The fraction of sp³-hybridized carbons (Fsp3) is 0.500. The lowest BCUT2D eigenvalue weighted by Crippen LogP contribution is -2.28. The highest BCUT2D eigenvalue weighted by Gasteiger charge is 2.26. The van der Waals surface area contributed by atoms with Gasteiger partial charge in [-0.05, 0) is 24.3 Å². The number of anilines is 1. The van der Waals surface area contributed by atoms with E-state index in [0.717, 1.165) is 6.54 Å². The number of hydrogen-bond donors (Lipinski definition) is 2. The predicted octanol–water partition coefficient (Wildman–Crippen LogP) is 2.09. The summed E-state index contributed by atoms with van der Waals surface area (Å²) in [4.78, 5) is -0.367. The van der Waals surface area contributed by atoms with E-state index in [2.05, 4.69) is 10.6 Å². The molecule has 0 aromatic heterocycles. The van der Waals surface area contributed by atoms with E-state index in [-0.39, 0.29) is 4.90 Å². The second kappa shape index (κ2) is 6.81. The Balaban J connectivity index is 2.58. The van der Waals surface area contributed by atoms with Crippen LogP contribution in [-0.4, -0.2) is 33.3 Å². The van der Waals surface area contributed by atoms with Crippen molar-refractivity contribution < 1.29 is 17.2 Å². The molecule has 108 valence electrons. The number of alkyl halides is 2. The van der Waals surface area contributed by atoms with Gasteiger partial charge in [0, 0.05) is 24.8 Å². The molecule has 19 heavy (non-hydrogen) atoms. The number of benzene rings is 1. The Morgan fingerprint density at radius 2 is 1.68 bits per heavy atom. The molecule has 7 heteroatoms. The van der Waals surface area contributed by atoms with Crippen LogP contribution in [0.5, 0.6) is 0 Å².